The molecular weight excluding hydrogens is 436 g/mol. The van der Waals surface area contributed by atoms with Gasteiger partial charge in [0.15, 0.2) is 0 Å². The van der Waals surface area contributed by atoms with E-state index in [1.54, 1.807) is 0 Å². The van der Waals surface area contributed by atoms with Crippen LogP contribution in [0.5, 0.6) is 0 Å². The maximum absolute atomic E-state index is 2.41. The van der Waals surface area contributed by atoms with Crippen molar-refractivity contribution >= 4 is 43.6 Å². The Bertz CT molecular complexity index is 1810. The highest BCUT2D eigenvalue weighted by Crippen LogP contribution is 2.36. The third-order valence-electron chi connectivity index (χ3n) is 7.51. The molecule has 0 atom stereocenters. The van der Waals surface area contributed by atoms with Crippen LogP contribution in [0.4, 0.5) is 0 Å². The van der Waals surface area contributed by atoms with Gasteiger partial charge < -0.3 is 9.13 Å². The standard InChI is InChI=1S/C34H28N2/c1-2-3-10-24-17-19-25(20-18-24)35-33-16-9-6-13-29(33)30-23-26(21-22-34(30)35)36-31-14-7-4-11-27(31)28-12-5-8-15-32(28)36/h4-9,11-23H,2-3,10H2,1H3. The minimum absolute atomic E-state index is 1.14. The molecule has 0 aliphatic heterocycles. The van der Waals surface area contributed by atoms with E-state index >= 15 is 0 Å². The third-order valence-corrected chi connectivity index (χ3v) is 7.51. The third kappa shape index (κ3) is 3.18. The second kappa shape index (κ2) is 8.42. The van der Waals surface area contributed by atoms with E-state index in [9.17, 15) is 0 Å². The first-order valence-corrected chi connectivity index (χ1v) is 12.9. The average molecular weight is 465 g/mol. The molecule has 174 valence electrons. The molecule has 0 amide bonds. The van der Waals surface area contributed by atoms with Crippen molar-refractivity contribution < 1.29 is 0 Å². The highest BCUT2D eigenvalue weighted by molar-refractivity contribution is 6.12. The minimum Gasteiger partial charge on any atom is -0.309 e. The zero-order valence-electron chi connectivity index (χ0n) is 20.5. The Hall–Kier alpha value is -4.30. The molecule has 2 heteroatoms. The number of rotatable bonds is 5. The second-order valence-corrected chi connectivity index (χ2v) is 9.69. The fraction of sp³-hybridized carbons (Fsp3) is 0.118. The molecule has 7 aromatic rings. The van der Waals surface area contributed by atoms with Gasteiger partial charge in [0, 0.05) is 32.9 Å². The van der Waals surface area contributed by atoms with E-state index in [0.29, 0.717) is 0 Å². The number of aromatic nitrogens is 2. The fourth-order valence-electron chi connectivity index (χ4n) is 5.77. The smallest absolute Gasteiger partial charge is 0.0542 e. The fourth-order valence-corrected chi connectivity index (χ4v) is 5.77. The Morgan fingerprint density at radius 3 is 1.53 bits per heavy atom. The van der Waals surface area contributed by atoms with Crippen LogP contribution in [0.3, 0.4) is 0 Å². The van der Waals surface area contributed by atoms with Crippen molar-refractivity contribution in [3.05, 3.63) is 121 Å². The Morgan fingerprint density at radius 2 is 0.944 bits per heavy atom. The minimum atomic E-state index is 1.14. The molecule has 0 saturated heterocycles. The number of benzene rings is 5. The summed E-state index contributed by atoms with van der Waals surface area (Å²) in [5.41, 5.74) is 8.78. The molecule has 0 fully saturated rings. The molecule has 0 unspecified atom stereocenters. The molecule has 2 heterocycles. The van der Waals surface area contributed by atoms with E-state index in [1.807, 2.05) is 0 Å². The lowest BCUT2D eigenvalue weighted by atomic mass is 10.1. The molecular formula is C34H28N2. The molecule has 0 N–H and O–H groups in total. The maximum atomic E-state index is 2.41. The van der Waals surface area contributed by atoms with Gasteiger partial charge in [0.25, 0.3) is 0 Å². The SMILES string of the molecule is CCCCc1ccc(-n2c3ccccc3c3cc(-n4c5ccccc5c5ccccc54)ccc32)cc1. The van der Waals surface area contributed by atoms with Crippen LogP contribution >= 0.6 is 0 Å². The Morgan fingerprint density at radius 1 is 0.472 bits per heavy atom. The topological polar surface area (TPSA) is 9.86 Å². The molecule has 5 aromatic carbocycles. The van der Waals surface area contributed by atoms with Crippen LogP contribution in [0.15, 0.2) is 115 Å². The molecule has 0 saturated carbocycles. The van der Waals surface area contributed by atoms with Crippen molar-refractivity contribution in [3.63, 3.8) is 0 Å². The van der Waals surface area contributed by atoms with Gasteiger partial charge in [-0.2, -0.15) is 0 Å². The number of unbranched alkanes of at least 4 members (excludes halogenated alkanes) is 1. The number of nitrogens with zero attached hydrogens (tertiary/aromatic N) is 2. The lowest BCUT2D eigenvalue weighted by molar-refractivity contribution is 0.795. The van der Waals surface area contributed by atoms with E-state index in [1.165, 1.54) is 73.4 Å². The van der Waals surface area contributed by atoms with E-state index in [2.05, 4.69) is 131 Å². The highest BCUT2D eigenvalue weighted by Gasteiger charge is 2.16. The first-order chi connectivity index (χ1) is 17.8. The van der Waals surface area contributed by atoms with E-state index in [4.69, 9.17) is 0 Å². The molecule has 0 bridgehead atoms. The Labute approximate surface area is 211 Å². The summed E-state index contributed by atoms with van der Waals surface area (Å²) in [5.74, 6) is 0. The molecule has 2 nitrogen and oxygen atoms in total. The molecule has 0 spiro atoms. The summed E-state index contributed by atoms with van der Waals surface area (Å²) >= 11 is 0. The maximum Gasteiger partial charge on any atom is 0.0542 e. The summed E-state index contributed by atoms with van der Waals surface area (Å²) < 4.78 is 4.81. The van der Waals surface area contributed by atoms with Crippen molar-refractivity contribution in [2.75, 3.05) is 0 Å². The summed E-state index contributed by atoms with van der Waals surface area (Å²) in [7, 11) is 0. The van der Waals surface area contributed by atoms with Gasteiger partial charge in [-0.05, 0) is 66.9 Å². The number of aryl methyl sites for hydroxylation is 1. The van der Waals surface area contributed by atoms with Crippen molar-refractivity contribution in [1.29, 1.82) is 0 Å². The van der Waals surface area contributed by atoms with Crippen molar-refractivity contribution in [2.45, 2.75) is 26.2 Å². The molecule has 2 aromatic heterocycles. The van der Waals surface area contributed by atoms with Gasteiger partial charge in [-0.25, -0.2) is 0 Å². The van der Waals surface area contributed by atoms with Crippen LogP contribution in [0.2, 0.25) is 0 Å². The van der Waals surface area contributed by atoms with Crippen molar-refractivity contribution in [1.82, 2.24) is 9.13 Å². The van der Waals surface area contributed by atoms with Crippen molar-refractivity contribution in [3.8, 4) is 11.4 Å². The Kier molecular flexibility index (Phi) is 4.92. The lowest BCUT2D eigenvalue weighted by Gasteiger charge is -2.11. The van der Waals surface area contributed by atoms with Gasteiger partial charge in [-0.1, -0.05) is 80.1 Å². The van der Waals surface area contributed by atoms with Crippen molar-refractivity contribution in [2.24, 2.45) is 0 Å². The quantitative estimate of drug-likeness (QED) is 0.240. The lowest BCUT2D eigenvalue weighted by Crippen LogP contribution is -1.96. The predicted octanol–water partition coefficient (Wildman–Crippen LogP) is 9.22. The predicted molar refractivity (Wildman–Crippen MR) is 154 cm³/mol. The van der Waals surface area contributed by atoms with Crippen LogP contribution < -0.4 is 0 Å². The van der Waals surface area contributed by atoms with Gasteiger partial charge >= 0.3 is 0 Å². The van der Waals surface area contributed by atoms with Gasteiger partial charge in [-0.15, -0.1) is 0 Å². The molecule has 0 aliphatic rings. The van der Waals surface area contributed by atoms with E-state index < -0.39 is 0 Å². The monoisotopic (exact) mass is 464 g/mol. The summed E-state index contributed by atoms with van der Waals surface area (Å²) in [6.45, 7) is 2.25. The van der Waals surface area contributed by atoms with E-state index in [0.717, 1.165) is 6.42 Å². The summed E-state index contributed by atoms with van der Waals surface area (Å²) in [4.78, 5) is 0. The molecule has 0 radical (unpaired) electrons. The van der Waals surface area contributed by atoms with Crippen LogP contribution in [0.1, 0.15) is 25.3 Å². The average Bonchev–Trinajstić information content (AvgIpc) is 3.45. The first kappa shape index (κ1) is 21.0. The number of hydrogen-bond donors (Lipinski definition) is 0. The number of hydrogen-bond acceptors (Lipinski definition) is 0. The summed E-state index contributed by atoms with van der Waals surface area (Å²) in [5, 5.41) is 5.14. The normalized spacial score (nSPS) is 11.8. The van der Waals surface area contributed by atoms with Gasteiger partial charge in [0.05, 0.1) is 22.1 Å². The largest absolute Gasteiger partial charge is 0.309 e. The highest BCUT2D eigenvalue weighted by atomic mass is 15.0. The summed E-state index contributed by atoms with van der Waals surface area (Å²) in [6.07, 6.45) is 3.61. The first-order valence-electron chi connectivity index (χ1n) is 12.9. The zero-order chi connectivity index (χ0) is 24.1. The second-order valence-electron chi connectivity index (χ2n) is 9.69. The van der Waals surface area contributed by atoms with Crippen LogP contribution in [0, 0.1) is 0 Å². The van der Waals surface area contributed by atoms with Crippen LogP contribution in [-0.4, -0.2) is 9.13 Å². The van der Waals surface area contributed by atoms with Gasteiger partial charge in [0.1, 0.15) is 0 Å². The Balaban J connectivity index is 1.46. The molecule has 7 rings (SSSR count). The van der Waals surface area contributed by atoms with Gasteiger partial charge in [0.2, 0.25) is 0 Å². The number of para-hydroxylation sites is 3. The molecule has 0 aliphatic carbocycles. The van der Waals surface area contributed by atoms with Gasteiger partial charge in [-0.3, -0.25) is 0 Å². The van der Waals surface area contributed by atoms with Crippen LogP contribution in [0.25, 0.3) is 55.0 Å². The number of fused-ring (bicyclic) bond motifs is 6. The van der Waals surface area contributed by atoms with Crippen LogP contribution in [-0.2, 0) is 6.42 Å². The van der Waals surface area contributed by atoms with E-state index in [-0.39, 0.29) is 0 Å². The zero-order valence-corrected chi connectivity index (χ0v) is 20.5. The summed E-state index contributed by atoms with van der Waals surface area (Å²) in [6, 6.07) is 42.2. The molecule has 36 heavy (non-hydrogen) atoms.